The molecule has 0 saturated heterocycles. The molecule has 3 rings (SSSR count). The number of ether oxygens (including phenoxy) is 1. The predicted octanol–water partition coefficient (Wildman–Crippen LogP) is 1.79. The summed E-state index contributed by atoms with van der Waals surface area (Å²) in [6.07, 6.45) is 2.83. The summed E-state index contributed by atoms with van der Waals surface area (Å²) in [6.45, 7) is 4.34. The van der Waals surface area contributed by atoms with Crippen LogP contribution in [-0.4, -0.2) is 28.5 Å². The molecule has 1 aliphatic heterocycles. The van der Waals surface area contributed by atoms with Gasteiger partial charge in [-0.1, -0.05) is 6.07 Å². The van der Waals surface area contributed by atoms with Crippen molar-refractivity contribution >= 4 is 17.4 Å². The molecular formula is C15H16N4O2. The van der Waals surface area contributed by atoms with Crippen LogP contribution in [0.25, 0.3) is 0 Å². The van der Waals surface area contributed by atoms with E-state index in [0.717, 1.165) is 11.3 Å². The van der Waals surface area contributed by atoms with Crippen molar-refractivity contribution in [2.75, 3.05) is 17.2 Å². The largest absolute Gasteiger partial charge is 0.487 e. The number of rotatable bonds is 1. The fourth-order valence-electron chi connectivity index (χ4n) is 2.38. The maximum absolute atomic E-state index is 12.7. The van der Waals surface area contributed by atoms with Crippen molar-refractivity contribution in [3.05, 3.63) is 41.9 Å². The number of fused-ring (bicyclic) bond motifs is 1. The Balaban J connectivity index is 2.05. The van der Waals surface area contributed by atoms with Crippen LogP contribution in [0, 0.1) is 6.92 Å². The molecule has 0 saturated carbocycles. The highest BCUT2D eigenvalue weighted by atomic mass is 16.5. The Kier molecular flexibility index (Phi) is 3.21. The number of amides is 1. The van der Waals surface area contributed by atoms with Gasteiger partial charge in [-0.15, -0.1) is 0 Å². The van der Waals surface area contributed by atoms with Gasteiger partial charge in [0.1, 0.15) is 11.9 Å². The Morgan fingerprint density at radius 3 is 2.90 bits per heavy atom. The minimum Gasteiger partial charge on any atom is -0.487 e. The first-order valence-electron chi connectivity index (χ1n) is 6.72. The number of carbonyl (C=O) groups is 1. The minimum absolute atomic E-state index is 0.0953. The molecule has 2 heterocycles. The second-order valence-corrected chi connectivity index (χ2v) is 5.11. The minimum atomic E-state index is -0.261. The van der Waals surface area contributed by atoms with Gasteiger partial charge < -0.3 is 10.5 Å². The Hall–Kier alpha value is -2.63. The first-order valence-corrected chi connectivity index (χ1v) is 6.72. The first-order chi connectivity index (χ1) is 10.1. The number of nitrogen functional groups attached to an aromatic ring is 1. The lowest BCUT2D eigenvalue weighted by Crippen LogP contribution is -2.43. The zero-order chi connectivity index (χ0) is 15.0. The van der Waals surface area contributed by atoms with E-state index >= 15 is 0 Å². The standard InChI is InChI=1S/C15H16N4O2/c1-9-3-4-12-11(7-9)19(8-10(2)21-12)15(20)13-14(16)18-6-5-17-13/h3-7,10H,8H2,1-2H3,(H2,16,18)/t10-/m0/s1. The summed E-state index contributed by atoms with van der Waals surface area (Å²) in [5, 5.41) is 0. The summed E-state index contributed by atoms with van der Waals surface area (Å²) in [4.78, 5) is 22.4. The summed E-state index contributed by atoms with van der Waals surface area (Å²) in [5.41, 5.74) is 7.72. The van der Waals surface area contributed by atoms with Crippen LogP contribution in [0.4, 0.5) is 11.5 Å². The highest BCUT2D eigenvalue weighted by Gasteiger charge is 2.30. The second-order valence-electron chi connectivity index (χ2n) is 5.11. The number of aromatic nitrogens is 2. The molecule has 0 unspecified atom stereocenters. The number of carbonyl (C=O) groups excluding carboxylic acids is 1. The molecule has 108 valence electrons. The lowest BCUT2D eigenvalue weighted by atomic mass is 10.1. The lowest BCUT2D eigenvalue weighted by molar-refractivity contribution is 0.0957. The molecular weight excluding hydrogens is 268 g/mol. The van der Waals surface area contributed by atoms with Gasteiger partial charge in [0.25, 0.3) is 5.91 Å². The van der Waals surface area contributed by atoms with Crippen molar-refractivity contribution in [1.29, 1.82) is 0 Å². The normalized spacial score (nSPS) is 17.0. The third kappa shape index (κ3) is 2.40. The lowest BCUT2D eigenvalue weighted by Gasteiger charge is -2.33. The van der Waals surface area contributed by atoms with E-state index in [9.17, 15) is 4.79 Å². The van der Waals surface area contributed by atoms with Gasteiger partial charge in [-0.05, 0) is 31.5 Å². The molecule has 1 aromatic heterocycles. The van der Waals surface area contributed by atoms with Crippen molar-refractivity contribution in [2.45, 2.75) is 20.0 Å². The van der Waals surface area contributed by atoms with Gasteiger partial charge in [0, 0.05) is 12.4 Å². The van der Waals surface area contributed by atoms with E-state index in [0.29, 0.717) is 12.3 Å². The van der Waals surface area contributed by atoms with Gasteiger partial charge in [0.05, 0.1) is 12.2 Å². The van der Waals surface area contributed by atoms with Gasteiger partial charge in [-0.3, -0.25) is 9.69 Å². The van der Waals surface area contributed by atoms with Crippen LogP contribution in [0.1, 0.15) is 23.0 Å². The molecule has 0 bridgehead atoms. The van der Waals surface area contributed by atoms with Crippen LogP contribution in [-0.2, 0) is 0 Å². The molecule has 6 heteroatoms. The van der Waals surface area contributed by atoms with E-state index in [1.54, 1.807) is 4.90 Å². The maximum Gasteiger partial charge on any atom is 0.280 e. The molecule has 2 N–H and O–H groups in total. The van der Waals surface area contributed by atoms with E-state index in [1.165, 1.54) is 12.4 Å². The molecule has 1 aliphatic rings. The van der Waals surface area contributed by atoms with Crippen LogP contribution in [0.5, 0.6) is 5.75 Å². The zero-order valence-corrected chi connectivity index (χ0v) is 11.9. The first kappa shape index (κ1) is 13.4. The molecule has 1 aromatic carbocycles. The van der Waals surface area contributed by atoms with Gasteiger partial charge in [0.2, 0.25) is 0 Å². The number of hydrogen-bond donors (Lipinski definition) is 1. The molecule has 0 spiro atoms. The number of anilines is 2. The van der Waals surface area contributed by atoms with Gasteiger partial charge in [0.15, 0.2) is 11.5 Å². The fraction of sp³-hybridized carbons (Fsp3) is 0.267. The molecule has 1 atom stereocenters. The number of aryl methyl sites for hydroxylation is 1. The van der Waals surface area contributed by atoms with Gasteiger partial charge >= 0.3 is 0 Å². The van der Waals surface area contributed by atoms with Crippen molar-refractivity contribution in [2.24, 2.45) is 0 Å². The average molecular weight is 284 g/mol. The van der Waals surface area contributed by atoms with Gasteiger partial charge in [-0.2, -0.15) is 0 Å². The Morgan fingerprint density at radius 1 is 1.38 bits per heavy atom. The van der Waals surface area contributed by atoms with Crippen LogP contribution in [0.15, 0.2) is 30.6 Å². The summed E-state index contributed by atoms with van der Waals surface area (Å²) >= 11 is 0. The number of nitrogens with zero attached hydrogens (tertiary/aromatic N) is 3. The van der Waals surface area contributed by atoms with E-state index in [4.69, 9.17) is 10.5 Å². The highest BCUT2D eigenvalue weighted by Crippen LogP contribution is 2.35. The van der Waals surface area contributed by atoms with E-state index in [-0.39, 0.29) is 23.5 Å². The quantitative estimate of drug-likeness (QED) is 0.863. The van der Waals surface area contributed by atoms with Crippen LogP contribution >= 0.6 is 0 Å². The SMILES string of the molecule is Cc1ccc2c(c1)N(C(=O)c1nccnc1N)C[C@H](C)O2. The summed E-state index contributed by atoms with van der Waals surface area (Å²) in [7, 11) is 0. The number of hydrogen-bond acceptors (Lipinski definition) is 5. The molecule has 2 aromatic rings. The second kappa shape index (κ2) is 5.05. The van der Waals surface area contributed by atoms with E-state index in [1.807, 2.05) is 32.0 Å². The summed E-state index contributed by atoms with van der Waals surface area (Å²) in [5.74, 6) is 0.564. The van der Waals surface area contributed by atoms with Gasteiger partial charge in [-0.25, -0.2) is 9.97 Å². The van der Waals surface area contributed by atoms with Crippen molar-refractivity contribution in [1.82, 2.24) is 9.97 Å². The predicted molar refractivity (Wildman–Crippen MR) is 79.4 cm³/mol. The Labute approximate surface area is 122 Å². The van der Waals surface area contributed by atoms with Crippen LogP contribution in [0.3, 0.4) is 0 Å². The third-order valence-corrected chi connectivity index (χ3v) is 3.35. The topological polar surface area (TPSA) is 81.3 Å². The zero-order valence-electron chi connectivity index (χ0n) is 11.9. The highest BCUT2D eigenvalue weighted by molar-refractivity contribution is 6.08. The maximum atomic E-state index is 12.7. The number of benzene rings is 1. The monoisotopic (exact) mass is 284 g/mol. The Morgan fingerprint density at radius 2 is 2.14 bits per heavy atom. The molecule has 21 heavy (non-hydrogen) atoms. The fourth-order valence-corrected chi connectivity index (χ4v) is 2.38. The van der Waals surface area contributed by atoms with Crippen molar-refractivity contribution < 1.29 is 9.53 Å². The smallest absolute Gasteiger partial charge is 0.280 e. The molecule has 0 fully saturated rings. The van der Waals surface area contributed by atoms with E-state index < -0.39 is 0 Å². The Bertz CT molecular complexity index is 702. The molecule has 0 aliphatic carbocycles. The summed E-state index contributed by atoms with van der Waals surface area (Å²) < 4.78 is 5.77. The average Bonchev–Trinajstić information content (AvgIpc) is 2.47. The van der Waals surface area contributed by atoms with E-state index in [2.05, 4.69) is 9.97 Å². The van der Waals surface area contributed by atoms with Crippen LogP contribution in [0.2, 0.25) is 0 Å². The third-order valence-electron chi connectivity index (χ3n) is 3.35. The van der Waals surface area contributed by atoms with Crippen molar-refractivity contribution in [3.8, 4) is 5.75 Å². The molecule has 6 nitrogen and oxygen atoms in total. The molecule has 0 radical (unpaired) electrons. The van der Waals surface area contributed by atoms with Crippen LogP contribution < -0.4 is 15.4 Å². The number of nitrogens with two attached hydrogens (primary N) is 1. The summed E-state index contributed by atoms with van der Waals surface area (Å²) in [6, 6.07) is 5.75. The van der Waals surface area contributed by atoms with Crippen molar-refractivity contribution in [3.63, 3.8) is 0 Å². The molecule has 1 amide bonds.